The minimum atomic E-state index is 0.0578. The molecule has 0 saturated carbocycles. The number of aromatic nitrogens is 2. The van der Waals surface area contributed by atoms with Gasteiger partial charge in [-0.3, -0.25) is 4.90 Å². The minimum Gasteiger partial charge on any atom is -0.376 e. The van der Waals surface area contributed by atoms with Gasteiger partial charge in [0.05, 0.1) is 5.60 Å². The molecule has 0 bridgehead atoms. The van der Waals surface area contributed by atoms with Crippen molar-refractivity contribution in [2.45, 2.75) is 45.6 Å². The van der Waals surface area contributed by atoms with E-state index in [2.05, 4.69) is 46.6 Å². The van der Waals surface area contributed by atoms with E-state index in [4.69, 9.17) is 4.74 Å². The molecular weight excluding hydrogens is 288 g/mol. The fourth-order valence-corrected chi connectivity index (χ4v) is 3.79. The van der Waals surface area contributed by atoms with Crippen molar-refractivity contribution in [3.8, 4) is 0 Å². The molecule has 0 amide bonds. The normalized spacial score (nSPS) is 25.5. The van der Waals surface area contributed by atoms with Crippen LogP contribution in [0.1, 0.15) is 39.3 Å². The van der Waals surface area contributed by atoms with E-state index in [0.29, 0.717) is 0 Å². The maximum atomic E-state index is 5.84. The number of ether oxygens (including phenoxy) is 1. The Bertz CT molecular complexity index is 511. The maximum absolute atomic E-state index is 5.84. The van der Waals surface area contributed by atoms with Crippen molar-refractivity contribution in [1.82, 2.24) is 14.9 Å². The highest BCUT2D eigenvalue weighted by atomic mass is 16.5. The van der Waals surface area contributed by atoms with Crippen LogP contribution in [0.15, 0.2) is 12.4 Å². The molecule has 2 fully saturated rings. The zero-order valence-corrected chi connectivity index (χ0v) is 14.8. The lowest BCUT2D eigenvalue weighted by molar-refractivity contribution is -0.0769. The lowest BCUT2D eigenvalue weighted by atomic mass is 9.88. The molecule has 0 aliphatic carbocycles. The molecule has 2 aliphatic rings. The Hall–Kier alpha value is -1.20. The van der Waals surface area contributed by atoms with Crippen molar-refractivity contribution in [3.05, 3.63) is 18.1 Å². The molecule has 1 atom stereocenters. The summed E-state index contributed by atoms with van der Waals surface area (Å²) in [5.74, 6) is 1.86. The van der Waals surface area contributed by atoms with Gasteiger partial charge in [0.15, 0.2) is 0 Å². The molecule has 3 rings (SSSR count). The van der Waals surface area contributed by atoms with Gasteiger partial charge in [-0.25, -0.2) is 9.97 Å². The van der Waals surface area contributed by atoms with E-state index in [1.807, 2.05) is 0 Å². The van der Waals surface area contributed by atoms with Crippen LogP contribution in [-0.2, 0) is 11.2 Å². The largest absolute Gasteiger partial charge is 0.376 e. The first-order chi connectivity index (χ1) is 11.1. The van der Waals surface area contributed by atoms with Crippen LogP contribution in [0.3, 0.4) is 0 Å². The Morgan fingerprint density at radius 3 is 2.70 bits per heavy atom. The lowest BCUT2D eigenvalue weighted by Crippen LogP contribution is -2.49. The van der Waals surface area contributed by atoms with E-state index in [1.54, 1.807) is 6.33 Å². The first-order valence-electron chi connectivity index (χ1n) is 8.98. The van der Waals surface area contributed by atoms with Crippen LogP contribution < -0.4 is 4.90 Å². The molecule has 3 heterocycles. The zero-order chi connectivity index (χ0) is 16.3. The lowest BCUT2D eigenvalue weighted by Gasteiger charge is -2.40. The Morgan fingerprint density at radius 1 is 1.22 bits per heavy atom. The second-order valence-corrected chi connectivity index (χ2v) is 7.48. The number of piperazine rings is 1. The van der Waals surface area contributed by atoms with Crippen molar-refractivity contribution < 1.29 is 4.74 Å². The second-order valence-electron chi connectivity index (χ2n) is 7.48. The summed E-state index contributed by atoms with van der Waals surface area (Å²) >= 11 is 0. The summed E-state index contributed by atoms with van der Waals surface area (Å²) in [5.41, 5.74) is 1.18. The van der Waals surface area contributed by atoms with Gasteiger partial charge in [0.2, 0.25) is 0 Å². The molecule has 1 unspecified atom stereocenters. The fourth-order valence-electron chi connectivity index (χ4n) is 3.79. The van der Waals surface area contributed by atoms with Gasteiger partial charge in [-0.1, -0.05) is 6.92 Å². The number of anilines is 1. The van der Waals surface area contributed by atoms with Crippen LogP contribution in [0.25, 0.3) is 0 Å². The van der Waals surface area contributed by atoms with Gasteiger partial charge >= 0.3 is 0 Å². The molecule has 128 valence electrons. The van der Waals surface area contributed by atoms with Crippen molar-refractivity contribution in [3.63, 3.8) is 0 Å². The number of hydrogen-bond donors (Lipinski definition) is 0. The Balaban J connectivity index is 1.50. The number of nitrogens with zero attached hydrogens (tertiary/aromatic N) is 4. The summed E-state index contributed by atoms with van der Waals surface area (Å²) < 4.78 is 5.84. The summed E-state index contributed by atoms with van der Waals surface area (Å²) in [5, 5.41) is 0. The van der Waals surface area contributed by atoms with Gasteiger partial charge in [0, 0.05) is 51.1 Å². The summed E-state index contributed by atoms with van der Waals surface area (Å²) in [7, 11) is 0. The molecule has 5 nitrogen and oxygen atoms in total. The summed E-state index contributed by atoms with van der Waals surface area (Å²) in [4.78, 5) is 13.8. The predicted molar refractivity (Wildman–Crippen MR) is 92.8 cm³/mol. The highest BCUT2D eigenvalue weighted by Gasteiger charge is 2.30. The van der Waals surface area contributed by atoms with Crippen LogP contribution in [-0.4, -0.2) is 59.8 Å². The molecule has 23 heavy (non-hydrogen) atoms. The molecular formula is C18H30N4O. The van der Waals surface area contributed by atoms with Gasteiger partial charge in [-0.05, 0) is 39.0 Å². The Labute approximate surface area is 140 Å². The zero-order valence-electron chi connectivity index (χ0n) is 14.8. The highest BCUT2D eigenvalue weighted by Crippen LogP contribution is 2.29. The van der Waals surface area contributed by atoms with Crippen molar-refractivity contribution in [2.75, 3.05) is 44.2 Å². The highest BCUT2D eigenvalue weighted by molar-refractivity contribution is 5.39. The molecule has 0 spiro atoms. The monoisotopic (exact) mass is 318 g/mol. The van der Waals surface area contributed by atoms with E-state index >= 15 is 0 Å². The number of rotatable bonds is 4. The third-order valence-electron chi connectivity index (χ3n) is 5.08. The number of hydrogen-bond acceptors (Lipinski definition) is 5. The minimum absolute atomic E-state index is 0.0578. The summed E-state index contributed by atoms with van der Waals surface area (Å²) in [6.07, 6.45) is 5.05. The standard InChI is InChI=1S/C18H30N4O/c1-4-16-11-17(20-14-19-16)22-8-6-21(7-9-22)13-15-5-10-23-18(2,3)12-15/h11,14-15H,4-10,12-13H2,1-3H3. The average molecular weight is 318 g/mol. The van der Waals surface area contributed by atoms with Gasteiger partial charge in [-0.2, -0.15) is 0 Å². The third-order valence-corrected chi connectivity index (χ3v) is 5.08. The molecule has 2 aliphatic heterocycles. The molecule has 0 aromatic carbocycles. The van der Waals surface area contributed by atoms with E-state index in [0.717, 1.165) is 56.6 Å². The van der Waals surface area contributed by atoms with Crippen LogP contribution in [0, 0.1) is 5.92 Å². The first kappa shape index (κ1) is 16.7. The Morgan fingerprint density at radius 2 is 2.00 bits per heavy atom. The third kappa shape index (κ3) is 4.42. The van der Waals surface area contributed by atoms with E-state index in [9.17, 15) is 0 Å². The Kier molecular flexibility index (Phi) is 5.17. The molecule has 1 aromatic heterocycles. The SMILES string of the molecule is CCc1cc(N2CCN(CC3CCOC(C)(C)C3)CC2)ncn1. The fraction of sp³-hybridized carbons (Fsp3) is 0.778. The predicted octanol–water partition coefficient (Wildman–Crippen LogP) is 2.37. The molecule has 2 saturated heterocycles. The summed E-state index contributed by atoms with van der Waals surface area (Å²) in [6.45, 7) is 13.1. The van der Waals surface area contributed by atoms with Gasteiger partial charge < -0.3 is 9.64 Å². The van der Waals surface area contributed by atoms with Gasteiger partial charge in [0.25, 0.3) is 0 Å². The molecule has 0 radical (unpaired) electrons. The van der Waals surface area contributed by atoms with Crippen LogP contribution in [0.4, 0.5) is 5.82 Å². The topological polar surface area (TPSA) is 41.5 Å². The molecule has 5 heteroatoms. The van der Waals surface area contributed by atoms with Crippen LogP contribution in [0.5, 0.6) is 0 Å². The smallest absolute Gasteiger partial charge is 0.132 e. The van der Waals surface area contributed by atoms with Crippen molar-refractivity contribution in [2.24, 2.45) is 5.92 Å². The quantitative estimate of drug-likeness (QED) is 0.852. The van der Waals surface area contributed by atoms with Gasteiger partial charge in [0.1, 0.15) is 12.1 Å². The number of aryl methyl sites for hydroxylation is 1. The average Bonchev–Trinajstić information content (AvgIpc) is 2.55. The van der Waals surface area contributed by atoms with E-state index in [-0.39, 0.29) is 5.60 Å². The summed E-state index contributed by atoms with van der Waals surface area (Å²) in [6, 6.07) is 2.14. The van der Waals surface area contributed by atoms with E-state index in [1.165, 1.54) is 19.4 Å². The van der Waals surface area contributed by atoms with Crippen LogP contribution >= 0.6 is 0 Å². The second kappa shape index (κ2) is 7.14. The molecule has 0 N–H and O–H groups in total. The van der Waals surface area contributed by atoms with Gasteiger partial charge in [-0.15, -0.1) is 0 Å². The van der Waals surface area contributed by atoms with Crippen LogP contribution in [0.2, 0.25) is 0 Å². The van der Waals surface area contributed by atoms with E-state index < -0.39 is 0 Å². The van der Waals surface area contributed by atoms with Crippen molar-refractivity contribution >= 4 is 5.82 Å². The maximum Gasteiger partial charge on any atom is 0.132 e. The first-order valence-corrected chi connectivity index (χ1v) is 8.98. The molecule has 1 aromatic rings. The van der Waals surface area contributed by atoms with Crippen molar-refractivity contribution in [1.29, 1.82) is 0 Å².